The number of carbonyl (C=O) groups is 1. The molecule has 0 atom stereocenters. The van der Waals surface area contributed by atoms with Gasteiger partial charge in [0.2, 0.25) is 0 Å². The summed E-state index contributed by atoms with van der Waals surface area (Å²) in [5, 5.41) is 0. The van der Waals surface area contributed by atoms with E-state index in [4.69, 9.17) is 4.74 Å². The number of hydrogen-bond acceptors (Lipinski definition) is 2. The molecule has 14 heavy (non-hydrogen) atoms. The van der Waals surface area contributed by atoms with Crippen LogP contribution in [0.2, 0.25) is 0 Å². The Balaban J connectivity index is 2.82. The lowest BCUT2D eigenvalue weighted by Gasteiger charge is -2.12. The van der Waals surface area contributed by atoms with Crippen LogP contribution in [0, 0.1) is 13.8 Å². The molecular weight excluding hydrogens is 178 g/mol. The van der Waals surface area contributed by atoms with E-state index in [1.165, 1.54) is 4.90 Å². The molecule has 0 fully saturated rings. The monoisotopic (exact) mass is 193 g/mol. The summed E-state index contributed by atoms with van der Waals surface area (Å²) in [6.07, 6.45) is -0.350. The van der Waals surface area contributed by atoms with Gasteiger partial charge in [0.15, 0.2) is 0 Å². The Hall–Kier alpha value is -1.51. The average Bonchev–Trinajstić information content (AvgIpc) is 2.09. The lowest BCUT2D eigenvalue weighted by atomic mass is 10.1. The highest BCUT2D eigenvalue weighted by Crippen LogP contribution is 2.19. The SMILES string of the molecule is Cc1ccc(OC(=O)N(C)C)c(C)c1. The maximum absolute atomic E-state index is 11.3. The fourth-order valence-electron chi connectivity index (χ4n) is 1.10. The van der Waals surface area contributed by atoms with Gasteiger partial charge < -0.3 is 9.64 Å². The van der Waals surface area contributed by atoms with Gasteiger partial charge in [-0.05, 0) is 25.5 Å². The summed E-state index contributed by atoms with van der Waals surface area (Å²) in [6.45, 7) is 3.93. The minimum absolute atomic E-state index is 0.350. The van der Waals surface area contributed by atoms with Crippen molar-refractivity contribution in [3.8, 4) is 5.75 Å². The largest absolute Gasteiger partial charge is 0.414 e. The molecule has 1 aromatic rings. The van der Waals surface area contributed by atoms with Gasteiger partial charge in [-0.15, -0.1) is 0 Å². The molecule has 0 aliphatic heterocycles. The van der Waals surface area contributed by atoms with Crippen LogP contribution in [-0.2, 0) is 0 Å². The molecule has 0 unspecified atom stereocenters. The molecule has 0 N–H and O–H groups in total. The second kappa shape index (κ2) is 4.13. The van der Waals surface area contributed by atoms with Crippen molar-refractivity contribution >= 4 is 6.09 Å². The zero-order valence-electron chi connectivity index (χ0n) is 9.00. The third-order valence-electron chi connectivity index (χ3n) is 1.89. The summed E-state index contributed by atoms with van der Waals surface area (Å²) in [5.74, 6) is 0.620. The first kappa shape index (κ1) is 10.6. The van der Waals surface area contributed by atoms with E-state index >= 15 is 0 Å². The second-order valence-electron chi connectivity index (χ2n) is 3.53. The van der Waals surface area contributed by atoms with Gasteiger partial charge in [0.25, 0.3) is 0 Å². The number of benzene rings is 1. The Morgan fingerprint density at radius 3 is 2.43 bits per heavy atom. The molecule has 3 heteroatoms. The molecular formula is C11H15NO2. The van der Waals surface area contributed by atoms with Gasteiger partial charge in [0, 0.05) is 14.1 Å². The quantitative estimate of drug-likeness (QED) is 0.685. The Morgan fingerprint density at radius 1 is 1.29 bits per heavy atom. The van der Waals surface area contributed by atoms with Crippen LogP contribution >= 0.6 is 0 Å². The molecule has 1 aromatic carbocycles. The van der Waals surface area contributed by atoms with Crippen LogP contribution in [0.1, 0.15) is 11.1 Å². The Kier molecular flexibility index (Phi) is 3.12. The van der Waals surface area contributed by atoms with Crippen molar-refractivity contribution in [1.29, 1.82) is 0 Å². The maximum atomic E-state index is 11.3. The van der Waals surface area contributed by atoms with Gasteiger partial charge in [0.1, 0.15) is 5.75 Å². The molecule has 1 rings (SSSR count). The first-order chi connectivity index (χ1) is 6.50. The van der Waals surface area contributed by atoms with Gasteiger partial charge in [-0.2, -0.15) is 0 Å². The number of hydrogen-bond donors (Lipinski definition) is 0. The van der Waals surface area contributed by atoms with E-state index in [-0.39, 0.29) is 6.09 Å². The van der Waals surface area contributed by atoms with Gasteiger partial charge in [-0.25, -0.2) is 4.79 Å². The average molecular weight is 193 g/mol. The van der Waals surface area contributed by atoms with Crippen LogP contribution < -0.4 is 4.74 Å². The van der Waals surface area contributed by atoms with Crippen molar-refractivity contribution in [2.75, 3.05) is 14.1 Å². The van der Waals surface area contributed by atoms with Crippen molar-refractivity contribution < 1.29 is 9.53 Å². The highest BCUT2D eigenvalue weighted by molar-refractivity contribution is 5.70. The van der Waals surface area contributed by atoms with E-state index < -0.39 is 0 Å². The third kappa shape index (κ3) is 2.49. The molecule has 0 radical (unpaired) electrons. The molecule has 0 saturated heterocycles. The van der Waals surface area contributed by atoms with Crippen LogP contribution in [-0.4, -0.2) is 25.1 Å². The number of rotatable bonds is 1. The molecule has 1 amide bonds. The predicted molar refractivity (Wildman–Crippen MR) is 55.6 cm³/mol. The topological polar surface area (TPSA) is 29.5 Å². The molecule has 0 aromatic heterocycles. The van der Waals surface area contributed by atoms with E-state index in [9.17, 15) is 4.79 Å². The summed E-state index contributed by atoms with van der Waals surface area (Å²) < 4.78 is 5.15. The number of carbonyl (C=O) groups excluding carboxylic acids is 1. The Morgan fingerprint density at radius 2 is 1.93 bits per heavy atom. The van der Waals surface area contributed by atoms with Crippen LogP contribution in [0.15, 0.2) is 18.2 Å². The zero-order valence-corrected chi connectivity index (χ0v) is 9.00. The number of ether oxygens (including phenoxy) is 1. The lowest BCUT2D eigenvalue weighted by Crippen LogP contribution is -2.25. The van der Waals surface area contributed by atoms with E-state index in [0.29, 0.717) is 5.75 Å². The van der Waals surface area contributed by atoms with Gasteiger partial charge >= 0.3 is 6.09 Å². The number of amides is 1. The zero-order chi connectivity index (χ0) is 10.7. The molecule has 0 aliphatic rings. The molecule has 0 saturated carbocycles. The van der Waals surface area contributed by atoms with E-state index in [0.717, 1.165) is 11.1 Å². The van der Waals surface area contributed by atoms with Gasteiger partial charge in [-0.3, -0.25) is 0 Å². The molecule has 3 nitrogen and oxygen atoms in total. The van der Waals surface area contributed by atoms with Crippen LogP contribution in [0.4, 0.5) is 4.79 Å². The smallest absolute Gasteiger partial charge is 0.410 e. The summed E-state index contributed by atoms with van der Waals surface area (Å²) in [6, 6.07) is 5.72. The van der Waals surface area contributed by atoms with Crippen molar-refractivity contribution in [2.45, 2.75) is 13.8 Å². The minimum atomic E-state index is -0.350. The van der Waals surface area contributed by atoms with Crippen molar-refractivity contribution in [3.05, 3.63) is 29.3 Å². The van der Waals surface area contributed by atoms with Crippen LogP contribution in [0.3, 0.4) is 0 Å². The third-order valence-corrected chi connectivity index (χ3v) is 1.89. The molecule has 0 bridgehead atoms. The van der Waals surface area contributed by atoms with Crippen LogP contribution in [0.25, 0.3) is 0 Å². The lowest BCUT2D eigenvalue weighted by molar-refractivity contribution is 0.171. The fraction of sp³-hybridized carbons (Fsp3) is 0.364. The van der Waals surface area contributed by atoms with Crippen molar-refractivity contribution in [1.82, 2.24) is 4.90 Å². The van der Waals surface area contributed by atoms with Crippen LogP contribution in [0.5, 0.6) is 5.75 Å². The van der Waals surface area contributed by atoms with Gasteiger partial charge in [0.05, 0.1) is 0 Å². The Labute approximate surface area is 84.3 Å². The standard InChI is InChI=1S/C11H15NO2/c1-8-5-6-10(9(2)7-8)14-11(13)12(3)4/h5-7H,1-4H3. The highest BCUT2D eigenvalue weighted by atomic mass is 16.6. The van der Waals surface area contributed by atoms with E-state index in [2.05, 4.69) is 0 Å². The first-order valence-corrected chi connectivity index (χ1v) is 4.47. The van der Waals surface area contributed by atoms with Crippen molar-refractivity contribution in [3.63, 3.8) is 0 Å². The van der Waals surface area contributed by atoms with Crippen molar-refractivity contribution in [2.24, 2.45) is 0 Å². The van der Waals surface area contributed by atoms with Gasteiger partial charge in [-0.1, -0.05) is 17.7 Å². The molecule has 76 valence electrons. The van der Waals surface area contributed by atoms with E-state index in [1.807, 2.05) is 32.0 Å². The molecule has 0 aliphatic carbocycles. The minimum Gasteiger partial charge on any atom is -0.410 e. The summed E-state index contributed by atoms with van der Waals surface area (Å²) >= 11 is 0. The summed E-state index contributed by atoms with van der Waals surface area (Å²) in [4.78, 5) is 12.7. The first-order valence-electron chi connectivity index (χ1n) is 4.47. The molecule has 0 heterocycles. The second-order valence-corrected chi connectivity index (χ2v) is 3.53. The number of aryl methyl sites for hydroxylation is 2. The predicted octanol–water partition coefficient (Wildman–Crippen LogP) is 2.36. The number of nitrogens with zero attached hydrogens (tertiary/aromatic N) is 1. The normalized spacial score (nSPS) is 9.71. The Bertz CT molecular complexity index is 345. The van der Waals surface area contributed by atoms with E-state index in [1.54, 1.807) is 14.1 Å². The summed E-state index contributed by atoms with van der Waals surface area (Å²) in [5.41, 5.74) is 2.13. The summed E-state index contributed by atoms with van der Waals surface area (Å²) in [7, 11) is 3.32. The maximum Gasteiger partial charge on any atom is 0.414 e. The molecule has 0 spiro atoms. The highest BCUT2D eigenvalue weighted by Gasteiger charge is 2.08. The fourth-order valence-corrected chi connectivity index (χ4v) is 1.10.